The molecule has 0 saturated heterocycles. The van der Waals surface area contributed by atoms with Crippen LogP contribution in [0.3, 0.4) is 0 Å². The van der Waals surface area contributed by atoms with Crippen LogP contribution in [0.15, 0.2) is 47.6 Å². The lowest BCUT2D eigenvalue weighted by Gasteiger charge is -2.03. The number of nitrogens with zero attached hydrogens (tertiary/aromatic N) is 1. The fraction of sp³-hybridized carbons (Fsp3) is 0.154. The van der Waals surface area contributed by atoms with Crippen molar-refractivity contribution in [3.05, 3.63) is 48.3 Å². The summed E-state index contributed by atoms with van der Waals surface area (Å²) in [7, 11) is -0.980. The molecule has 0 spiro atoms. The maximum atomic E-state index is 11.4. The summed E-state index contributed by atoms with van der Waals surface area (Å²) in [6.07, 6.45) is 5.10. The van der Waals surface area contributed by atoms with Crippen molar-refractivity contribution in [2.45, 2.75) is 11.8 Å². The van der Waals surface area contributed by atoms with Gasteiger partial charge in [0.25, 0.3) is 0 Å². The summed E-state index contributed by atoms with van der Waals surface area (Å²) < 4.78 is 18.3. The van der Waals surface area contributed by atoms with Gasteiger partial charge in [-0.2, -0.15) is 0 Å². The highest BCUT2D eigenvalue weighted by molar-refractivity contribution is 14.1. The zero-order valence-corrected chi connectivity index (χ0v) is 13.1. The van der Waals surface area contributed by atoms with Crippen LogP contribution in [0.2, 0.25) is 0 Å². The molecular weight excluding hydrogens is 361 g/mol. The van der Waals surface area contributed by atoms with Crippen molar-refractivity contribution in [2.75, 3.05) is 6.26 Å². The molecule has 0 aliphatic rings. The minimum absolute atomic E-state index is 0.762. The van der Waals surface area contributed by atoms with Gasteiger partial charge in [0.15, 0.2) is 0 Å². The molecule has 96 valence electrons. The van der Waals surface area contributed by atoms with E-state index in [4.69, 9.17) is 3.44 Å². The average Bonchev–Trinajstić information content (AvgIpc) is 2.42. The van der Waals surface area contributed by atoms with Crippen LogP contribution < -0.4 is 0 Å². The van der Waals surface area contributed by atoms with Crippen LogP contribution in [-0.4, -0.2) is 18.9 Å². The van der Waals surface area contributed by atoms with E-state index in [0.717, 1.165) is 39.0 Å². The van der Waals surface area contributed by atoms with Crippen LogP contribution in [0.25, 0.3) is 11.1 Å². The third kappa shape index (κ3) is 4.15. The molecule has 1 heterocycles. The second-order valence-electron chi connectivity index (χ2n) is 3.73. The molecular formula is C13H14INO2S. The summed E-state index contributed by atoms with van der Waals surface area (Å²) in [6, 6.07) is 10.1. The maximum absolute atomic E-state index is 11.4. The van der Waals surface area contributed by atoms with E-state index in [9.17, 15) is 4.21 Å². The van der Waals surface area contributed by atoms with Gasteiger partial charge in [0.05, 0.1) is 15.7 Å². The minimum atomic E-state index is -0.980. The average molecular weight is 375 g/mol. The molecule has 1 aromatic heterocycles. The molecule has 3 nitrogen and oxygen atoms in total. The highest BCUT2D eigenvalue weighted by Gasteiger charge is 2.02. The molecule has 0 radical (unpaired) electrons. The van der Waals surface area contributed by atoms with Crippen molar-refractivity contribution in [1.82, 2.24) is 4.98 Å². The fourth-order valence-electron chi connectivity index (χ4n) is 1.48. The van der Waals surface area contributed by atoms with Crippen LogP contribution in [0.5, 0.6) is 0 Å². The Hall–Kier alpha value is -0.790. The monoisotopic (exact) mass is 375 g/mol. The zero-order valence-electron chi connectivity index (χ0n) is 10.1. The number of hydrogen-bond donors (Lipinski definition) is 1. The Kier molecular flexibility index (Phi) is 6.45. The minimum Gasteiger partial charge on any atom is -0.331 e. The van der Waals surface area contributed by atoms with Crippen molar-refractivity contribution < 1.29 is 7.64 Å². The number of aromatic nitrogens is 1. The highest BCUT2D eigenvalue weighted by atomic mass is 127. The molecule has 0 fully saturated rings. The first-order valence-corrected chi connectivity index (χ1v) is 7.71. The Morgan fingerprint density at radius 2 is 1.72 bits per heavy atom. The van der Waals surface area contributed by atoms with Gasteiger partial charge in [-0.1, -0.05) is 29.8 Å². The van der Waals surface area contributed by atoms with Gasteiger partial charge >= 0.3 is 0 Å². The number of halogens is 1. The first kappa shape index (κ1) is 15.3. The molecule has 1 N–H and O–H groups in total. The fourth-order valence-corrected chi connectivity index (χ4v) is 1.98. The quantitative estimate of drug-likeness (QED) is 0.821. The normalized spacial score (nSPS) is 11.3. The van der Waals surface area contributed by atoms with Crippen molar-refractivity contribution >= 4 is 33.8 Å². The molecule has 0 aliphatic carbocycles. The van der Waals surface area contributed by atoms with Gasteiger partial charge in [0.2, 0.25) is 0 Å². The summed E-state index contributed by atoms with van der Waals surface area (Å²) in [5.41, 5.74) is 3.34. The van der Waals surface area contributed by atoms with Crippen molar-refractivity contribution in [1.29, 1.82) is 0 Å². The van der Waals surface area contributed by atoms with E-state index in [1.165, 1.54) is 5.56 Å². The number of benzene rings is 1. The van der Waals surface area contributed by atoms with Gasteiger partial charge in [-0.15, -0.1) is 0 Å². The van der Waals surface area contributed by atoms with Gasteiger partial charge < -0.3 is 3.44 Å². The Morgan fingerprint density at radius 3 is 2.28 bits per heavy atom. The van der Waals surface area contributed by atoms with E-state index in [-0.39, 0.29) is 0 Å². The van der Waals surface area contributed by atoms with E-state index >= 15 is 0 Å². The van der Waals surface area contributed by atoms with Crippen molar-refractivity contribution in [3.63, 3.8) is 0 Å². The van der Waals surface area contributed by atoms with Crippen LogP contribution in [0.1, 0.15) is 5.56 Å². The molecule has 18 heavy (non-hydrogen) atoms. The third-order valence-corrected chi connectivity index (χ3v) is 3.32. The number of hydrogen-bond acceptors (Lipinski definition) is 3. The van der Waals surface area contributed by atoms with Gasteiger partial charge in [-0.05, 0) is 18.6 Å². The smallest absolute Gasteiger partial charge is 0.106 e. The largest absolute Gasteiger partial charge is 0.331 e. The molecule has 1 atom stereocenters. The molecule has 0 amide bonds. The predicted octanol–water partition coefficient (Wildman–Crippen LogP) is 3.12. The van der Waals surface area contributed by atoms with Gasteiger partial charge in [-0.3, -0.25) is 9.19 Å². The molecule has 0 aliphatic heterocycles. The lowest BCUT2D eigenvalue weighted by atomic mass is 10.1. The molecule has 1 aromatic carbocycles. The van der Waals surface area contributed by atoms with E-state index in [0.29, 0.717) is 0 Å². The van der Waals surface area contributed by atoms with Crippen LogP contribution in [0.4, 0.5) is 0 Å². The summed E-state index contributed by atoms with van der Waals surface area (Å²) in [5.74, 6) is 0. The second kappa shape index (κ2) is 7.60. The van der Waals surface area contributed by atoms with E-state index in [1.807, 2.05) is 6.07 Å². The lowest BCUT2D eigenvalue weighted by Crippen LogP contribution is -1.90. The molecule has 5 heteroatoms. The summed E-state index contributed by atoms with van der Waals surface area (Å²) in [4.78, 5) is 4.87. The third-order valence-electron chi connectivity index (χ3n) is 2.43. The molecule has 0 saturated carbocycles. The Balaban J connectivity index is 0.000000771. The van der Waals surface area contributed by atoms with Crippen LogP contribution in [0, 0.1) is 6.92 Å². The van der Waals surface area contributed by atoms with E-state index in [2.05, 4.69) is 36.2 Å². The Labute approximate surface area is 123 Å². The van der Waals surface area contributed by atoms with Gasteiger partial charge in [0.1, 0.15) is 23.0 Å². The first-order chi connectivity index (χ1) is 8.66. The number of aryl methyl sites for hydroxylation is 1. The van der Waals surface area contributed by atoms with Crippen molar-refractivity contribution in [2.24, 2.45) is 0 Å². The van der Waals surface area contributed by atoms with Gasteiger partial charge in [-0.25, -0.2) is 0 Å². The second-order valence-corrected chi connectivity index (χ2v) is 5.11. The topological polar surface area (TPSA) is 50.2 Å². The van der Waals surface area contributed by atoms with Crippen LogP contribution in [-0.2, 0) is 10.8 Å². The first-order valence-electron chi connectivity index (χ1n) is 5.19. The van der Waals surface area contributed by atoms with Crippen molar-refractivity contribution in [3.8, 4) is 11.1 Å². The molecule has 2 aromatic rings. The Morgan fingerprint density at radius 1 is 1.11 bits per heavy atom. The van der Waals surface area contributed by atoms with Gasteiger partial charge in [0, 0.05) is 24.2 Å². The van der Waals surface area contributed by atoms with E-state index < -0.39 is 10.8 Å². The molecule has 0 bridgehead atoms. The summed E-state index contributed by atoms with van der Waals surface area (Å²) in [5, 5.41) is 0. The Bertz CT molecular complexity index is 529. The zero-order chi connectivity index (χ0) is 13.5. The summed E-state index contributed by atoms with van der Waals surface area (Å²) in [6.45, 7) is 2.06. The van der Waals surface area contributed by atoms with Crippen LogP contribution >= 0.6 is 23.0 Å². The number of pyridine rings is 1. The standard InChI is InChI=1S/C13H13NOS.HIO/c1-10-3-5-11(6-4-10)12-7-13(16(2)15)9-14-8-12;1-2/h3-9H,1-2H3;2H. The predicted molar refractivity (Wildman–Crippen MR) is 83.0 cm³/mol. The lowest BCUT2D eigenvalue weighted by molar-refractivity contribution is 0.686. The molecule has 1 unspecified atom stereocenters. The highest BCUT2D eigenvalue weighted by Crippen LogP contribution is 2.20. The molecule has 2 rings (SSSR count). The maximum Gasteiger partial charge on any atom is 0.106 e. The summed E-state index contributed by atoms with van der Waals surface area (Å²) >= 11 is 1.15. The SMILES string of the molecule is Cc1ccc(-c2cncc(S(C)=O)c2)cc1.OI. The number of rotatable bonds is 2. The van der Waals surface area contributed by atoms with E-state index in [1.54, 1.807) is 18.6 Å².